The van der Waals surface area contributed by atoms with Crippen molar-refractivity contribution in [2.75, 3.05) is 13.6 Å². The molecule has 148 valence electrons. The Hall–Kier alpha value is -3.15. The highest BCUT2D eigenvalue weighted by molar-refractivity contribution is 5.94. The Morgan fingerprint density at radius 2 is 1.61 bits per heavy atom. The number of carboxylic acids is 1. The highest BCUT2D eigenvalue weighted by atomic mass is 16.4. The van der Waals surface area contributed by atoms with Gasteiger partial charge in [0.25, 0.3) is 5.91 Å². The largest absolute Gasteiger partial charge is 0.481 e. The number of hydrogen-bond donors (Lipinski definition) is 2. The third-order valence-electron chi connectivity index (χ3n) is 4.47. The van der Waals surface area contributed by atoms with Crippen LogP contribution in [0.3, 0.4) is 0 Å². The first kappa shape index (κ1) is 21.2. The van der Waals surface area contributed by atoms with E-state index in [2.05, 4.69) is 5.32 Å². The van der Waals surface area contributed by atoms with E-state index < -0.39 is 11.9 Å². The molecule has 6 heteroatoms. The van der Waals surface area contributed by atoms with Gasteiger partial charge in [0.1, 0.15) is 0 Å². The summed E-state index contributed by atoms with van der Waals surface area (Å²) in [6, 6.07) is 15.8. The van der Waals surface area contributed by atoms with Crippen LogP contribution in [0.25, 0.3) is 0 Å². The molecule has 2 amide bonds. The zero-order valence-corrected chi connectivity index (χ0v) is 16.4. The Balaban J connectivity index is 1.97. The van der Waals surface area contributed by atoms with E-state index >= 15 is 0 Å². The molecule has 2 aromatic rings. The van der Waals surface area contributed by atoms with Gasteiger partial charge in [-0.3, -0.25) is 14.4 Å². The van der Waals surface area contributed by atoms with E-state index in [0.29, 0.717) is 17.7 Å². The van der Waals surface area contributed by atoms with Gasteiger partial charge in [-0.15, -0.1) is 0 Å². The topological polar surface area (TPSA) is 86.7 Å². The van der Waals surface area contributed by atoms with Crippen molar-refractivity contribution in [3.05, 3.63) is 71.3 Å². The molecule has 1 atom stereocenters. The third-order valence-corrected chi connectivity index (χ3v) is 4.47. The lowest BCUT2D eigenvalue weighted by molar-refractivity contribution is -0.138. The van der Waals surface area contributed by atoms with Gasteiger partial charge in [-0.2, -0.15) is 0 Å². The molecule has 0 aromatic heterocycles. The molecule has 0 fully saturated rings. The maximum absolute atomic E-state index is 12.4. The maximum Gasteiger partial charge on any atom is 0.312 e. The van der Waals surface area contributed by atoms with Gasteiger partial charge < -0.3 is 15.3 Å². The highest BCUT2D eigenvalue weighted by Crippen LogP contribution is 2.15. The Bertz CT molecular complexity index is 816. The van der Waals surface area contributed by atoms with E-state index in [0.717, 1.165) is 5.56 Å². The molecule has 0 aliphatic rings. The van der Waals surface area contributed by atoms with Crippen molar-refractivity contribution in [1.29, 1.82) is 0 Å². The number of nitrogens with zero attached hydrogens (tertiary/aromatic N) is 1. The molecule has 6 nitrogen and oxygen atoms in total. The Labute approximate surface area is 165 Å². The van der Waals surface area contributed by atoms with E-state index in [1.807, 2.05) is 19.9 Å². The summed E-state index contributed by atoms with van der Waals surface area (Å²) >= 11 is 0. The lowest BCUT2D eigenvalue weighted by Gasteiger charge is -2.19. The standard InChI is InChI=1S/C22H26N2O4/c1-15(2)21(26)24(3)14-16-9-11-18(12-10-16)20(25)23-13-19(22(27)28)17-7-5-4-6-8-17/h4-12,15,19H,13-14H2,1-3H3,(H,23,25)(H,27,28). The zero-order chi connectivity index (χ0) is 20.7. The number of aliphatic carboxylic acids is 1. The van der Waals surface area contributed by atoms with Crippen LogP contribution in [0.15, 0.2) is 54.6 Å². The molecule has 0 aliphatic carbocycles. The van der Waals surface area contributed by atoms with Crippen molar-refractivity contribution in [3.8, 4) is 0 Å². The normalized spacial score (nSPS) is 11.7. The first-order chi connectivity index (χ1) is 13.3. The smallest absolute Gasteiger partial charge is 0.312 e. The predicted octanol–water partition coefficient (Wildman–Crippen LogP) is 2.90. The molecular formula is C22H26N2O4. The summed E-state index contributed by atoms with van der Waals surface area (Å²) in [5, 5.41) is 12.1. The molecule has 0 saturated heterocycles. The van der Waals surface area contributed by atoms with E-state index in [4.69, 9.17) is 0 Å². The minimum atomic E-state index is -0.986. The molecule has 0 heterocycles. The summed E-state index contributed by atoms with van der Waals surface area (Å²) in [7, 11) is 1.75. The summed E-state index contributed by atoms with van der Waals surface area (Å²) in [5.74, 6) is -2.13. The number of amides is 2. The van der Waals surface area contributed by atoms with Gasteiger partial charge in [0.05, 0.1) is 5.92 Å². The second-order valence-electron chi connectivity index (χ2n) is 7.06. The third kappa shape index (κ3) is 5.67. The quantitative estimate of drug-likeness (QED) is 0.735. The zero-order valence-electron chi connectivity index (χ0n) is 16.4. The van der Waals surface area contributed by atoms with E-state index in [1.54, 1.807) is 60.5 Å². The molecule has 0 bridgehead atoms. The summed E-state index contributed by atoms with van der Waals surface area (Å²) < 4.78 is 0. The van der Waals surface area contributed by atoms with Crippen LogP contribution in [-0.4, -0.2) is 41.4 Å². The van der Waals surface area contributed by atoms with Crippen molar-refractivity contribution in [2.45, 2.75) is 26.3 Å². The van der Waals surface area contributed by atoms with Crippen LogP contribution >= 0.6 is 0 Å². The number of carboxylic acid groups (broad SMARTS) is 1. The molecule has 0 aliphatic heterocycles. The average Bonchev–Trinajstić information content (AvgIpc) is 2.68. The molecule has 2 aromatic carbocycles. The second-order valence-corrected chi connectivity index (χ2v) is 7.06. The van der Waals surface area contributed by atoms with Gasteiger partial charge in [-0.25, -0.2) is 0 Å². The number of rotatable bonds is 8. The molecular weight excluding hydrogens is 356 g/mol. The van der Waals surface area contributed by atoms with Gasteiger partial charge >= 0.3 is 5.97 Å². The van der Waals surface area contributed by atoms with Crippen molar-refractivity contribution in [1.82, 2.24) is 10.2 Å². The van der Waals surface area contributed by atoms with Crippen LogP contribution in [0, 0.1) is 5.92 Å². The molecule has 2 N–H and O–H groups in total. The van der Waals surface area contributed by atoms with Crippen LogP contribution in [0.1, 0.15) is 41.3 Å². The molecule has 0 radical (unpaired) electrons. The molecule has 28 heavy (non-hydrogen) atoms. The van der Waals surface area contributed by atoms with E-state index in [9.17, 15) is 19.5 Å². The van der Waals surface area contributed by atoms with Crippen LogP contribution in [0.4, 0.5) is 0 Å². The fourth-order valence-corrected chi connectivity index (χ4v) is 2.88. The number of carbonyl (C=O) groups excluding carboxylic acids is 2. The average molecular weight is 382 g/mol. The predicted molar refractivity (Wildman–Crippen MR) is 107 cm³/mol. The first-order valence-electron chi connectivity index (χ1n) is 9.19. The van der Waals surface area contributed by atoms with Crippen LogP contribution < -0.4 is 5.32 Å². The first-order valence-corrected chi connectivity index (χ1v) is 9.19. The molecule has 0 saturated carbocycles. The van der Waals surface area contributed by atoms with Crippen molar-refractivity contribution in [2.24, 2.45) is 5.92 Å². The SMILES string of the molecule is CC(C)C(=O)N(C)Cc1ccc(C(=O)NCC(C(=O)O)c2ccccc2)cc1. The Morgan fingerprint density at radius 1 is 1.00 bits per heavy atom. The number of carbonyl (C=O) groups is 3. The summed E-state index contributed by atoms with van der Waals surface area (Å²) in [5.41, 5.74) is 2.00. The fraction of sp³-hybridized carbons (Fsp3) is 0.318. The van der Waals surface area contributed by atoms with Gasteiger partial charge in [-0.1, -0.05) is 56.3 Å². The van der Waals surface area contributed by atoms with Gasteiger partial charge in [0.15, 0.2) is 0 Å². The molecule has 2 rings (SSSR count). The van der Waals surface area contributed by atoms with Crippen LogP contribution in [0.2, 0.25) is 0 Å². The number of benzene rings is 2. The fourth-order valence-electron chi connectivity index (χ4n) is 2.88. The minimum absolute atomic E-state index is 0.00552. The van der Waals surface area contributed by atoms with E-state index in [1.165, 1.54) is 0 Å². The Morgan fingerprint density at radius 3 is 2.14 bits per heavy atom. The Kier molecular flexibility index (Phi) is 7.32. The maximum atomic E-state index is 12.4. The van der Waals surface area contributed by atoms with Crippen LogP contribution in [-0.2, 0) is 16.1 Å². The van der Waals surface area contributed by atoms with Gasteiger partial charge in [0.2, 0.25) is 5.91 Å². The number of nitrogens with one attached hydrogen (secondary N) is 1. The van der Waals surface area contributed by atoms with E-state index in [-0.39, 0.29) is 24.3 Å². The van der Waals surface area contributed by atoms with Gasteiger partial charge in [0, 0.05) is 31.6 Å². The summed E-state index contributed by atoms with van der Waals surface area (Å²) in [4.78, 5) is 37.5. The van der Waals surface area contributed by atoms with Gasteiger partial charge in [-0.05, 0) is 23.3 Å². The summed E-state index contributed by atoms with van der Waals surface area (Å²) in [6.07, 6.45) is 0. The molecule has 0 spiro atoms. The highest BCUT2D eigenvalue weighted by Gasteiger charge is 2.20. The van der Waals surface area contributed by atoms with Crippen molar-refractivity contribution < 1.29 is 19.5 Å². The van der Waals surface area contributed by atoms with Crippen molar-refractivity contribution in [3.63, 3.8) is 0 Å². The lowest BCUT2D eigenvalue weighted by Crippen LogP contribution is -2.32. The van der Waals surface area contributed by atoms with Crippen molar-refractivity contribution >= 4 is 17.8 Å². The summed E-state index contributed by atoms with van der Waals surface area (Å²) in [6.45, 7) is 4.18. The van der Waals surface area contributed by atoms with Crippen LogP contribution in [0.5, 0.6) is 0 Å². The molecule has 1 unspecified atom stereocenters. The monoisotopic (exact) mass is 382 g/mol. The minimum Gasteiger partial charge on any atom is -0.481 e. The number of hydrogen-bond acceptors (Lipinski definition) is 3. The lowest BCUT2D eigenvalue weighted by atomic mass is 9.99. The second kappa shape index (κ2) is 9.69.